The van der Waals surface area contributed by atoms with Crippen LogP contribution in [-0.4, -0.2) is 14.3 Å². The minimum absolute atomic E-state index is 0.00132. The third kappa shape index (κ3) is 5.84. The first-order valence-electron chi connectivity index (χ1n) is 9.48. The van der Waals surface area contributed by atoms with Crippen molar-refractivity contribution < 1.29 is 17.4 Å². The van der Waals surface area contributed by atoms with E-state index >= 15 is 0 Å². The van der Waals surface area contributed by atoms with Crippen LogP contribution < -0.4 is 9.50 Å². The molecule has 3 aromatic carbocycles. The lowest BCUT2D eigenvalue weighted by Gasteiger charge is -2.11. The average molecular weight is 511 g/mol. The fourth-order valence-electron chi connectivity index (χ4n) is 2.72. The smallest absolute Gasteiger partial charge is 0.339 e. The van der Waals surface area contributed by atoms with Gasteiger partial charge >= 0.3 is 10.1 Å². The highest BCUT2D eigenvalue weighted by atomic mass is 79.9. The first kappa shape index (κ1) is 23.3. The Hall–Kier alpha value is -3.41. The van der Waals surface area contributed by atoms with Crippen LogP contribution in [0.25, 0.3) is 6.08 Å². The lowest BCUT2D eigenvalue weighted by molar-refractivity contribution is -0.112. The number of nitrogens with zero attached hydrogens (tertiary/aromatic N) is 1. The highest BCUT2D eigenvalue weighted by Crippen LogP contribution is 2.29. The maximum atomic E-state index is 12.7. The van der Waals surface area contributed by atoms with Crippen molar-refractivity contribution in [3.8, 4) is 11.8 Å². The number of hydrogen-bond acceptors (Lipinski definition) is 5. The first-order chi connectivity index (χ1) is 15.2. The third-order valence-electron chi connectivity index (χ3n) is 4.46. The quantitative estimate of drug-likeness (QED) is 0.272. The number of amides is 1. The fourth-order valence-corrected chi connectivity index (χ4v) is 4.05. The zero-order chi connectivity index (χ0) is 23.3. The van der Waals surface area contributed by atoms with Crippen LogP contribution in [0.2, 0.25) is 0 Å². The van der Waals surface area contributed by atoms with Crippen molar-refractivity contribution >= 4 is 43.7 Å². The zero-order valence-corrected chi connectivity index (χ0v) is 19.7. The summed E-state index contributed by atoms with van der Waals surface area (Å²) < 4.78 is 31.4. The van der Waals surface area contributed by atoms with Crippen molar-refractivity contribution in [3.63, 3.8) is 0 Å². The molecule has 0 heterocycles. The summed E-state index contributed by atoms with van der Waals surface area (Å²) in [7, 11) is -4.11. The van der Waals surface area contributed by atoms with Crippen LogP contribution in [-0.2, 0) is 14.9 Å². The molecule has 3 aromatic rings. The molecule has 0 bridgehead atoms. The van der Waals surface area contributed by atoms with E-state index in [0.29, 0.717) is 10.2 Å². The van der Waals surface area contributed by atoms with Crippen molar-refractivity contribution in [1.29, 1.82) is 5.26 Å². The van der Waals surface area contributed by atoms with Gasteiger partial charge in [0.15, 0.2) is 0 Å². The van der Waals surface area contributed by atoms with Gasteiger partial charge in [0, 0.05) is 15.7 Å². The summed E-state index contributed by atoms with van der Waals surface area (Å²) in [6.07, 6.45) is 1.29. The van der Waals surface area contributed by atoms with Gasteiger partial charge in [0.05, 0.1) is 0 Å². The molecule has 0 aliphatic rings. The van der Waals surface area contributed by atoms with Crippen LogP contribution >= 0.6 is 15.9 Å². The molecule has 0 saturated heterocycles. The number of nitriles is 1. The highest BCUT2D eigenvalue weighted by molar-refractivity contribution is 9.10. The molecular formula is C24H19BrN2O4S. The SMILES string of the molecule is Cc1ccc(NC(=O)/C(C#N)=C/c2cc(Br)ccc2OS(=O)(=O)c2ccc(C)cc2)cc1. The minimum atomic E-state index is -4.11. The van der Waals surface area contributed by atoms with Crippen molar-refractivity contribution in [2.45, 2.75) is 18.7 Å². The second-order valence-electron chi connectivity index (χ2n) is 7.02. The monoisotopic (exact) mass is 510 g/mol. The minimum Gasteiger partial charge on any atom is -0.378 e. The Bertz CT molecular complexity index is 1320. The summed E-state index contributed by atoms with van der Waals surface area (Å²) in [5, 5.41) is 12.2. The van der Waals surface area contributed by atoms with Crippen molar-refractivity contribution in [2.24, 2.45) is 0 Å². The van der Waals surface area contributed by atoms with E-state index in [1.54, 1.807) is 36.4 Å². The van der Waals surface area contributed by atoms with Gasteiger partial charge in [0.1, 0.15) is 22.3 Å². The Morgan fingerprint density at radius 2 is 1.59 bits per heavy atom. The van der Waals surface area contributed by atoms with Gasteiger partial charge in [-0.05, 0) is 62.4 Å². The van der Waals surface area contributed by atoms with E-state index < -0.39 is 16.0 Å². The van der Waals surface area contributed by atoms with Crippen LogP contribution in [0.4, 0.5) is 5.69 Å². The molecule has 1 N–H and O–H groups in total. The summed E-state index contributed by atoms with van der Waals surface area (Å²) in [5.41, 5.74) is 2.53. The predicted molar refractivity (Wildman–Crippen MR) is 127 cm³/mol. The van der Waals surface area contributed by atoms with Crippen LogP contribution in [0.5, 0.6) is 5.75 Å². The van der Waals surface area contributed by atoms with Crippen LogP contribution in [0.1, 0.15) is 16.7 Å². The topological polar surface area (TPSA) is 96.3 Å². The number of rotatable bonds is 6. The molecule has 0 fully saturated rings. The van der Waals surface area contributed by atoms with Crippen LogP contribution in [0.15, 0.2) is 81.7 Å². The molecule has 0 atom stereocenters. The van der Waals surface area contributed by atoms with E-state index in [1.165, 1.54) is 24.3 Å². The molecule has 162 valence electrons. The van der Waals surface area contributed by atoms with E-state index in [9.17, 15) is 18.5 Å². The molecule has 0 aromatic heterocycles. The number of carbonyl (C=O) groups excluding carboxylic acids is 1. The molecule has 6 nitrogen and oxygen atoms in total. The molecule has 0 saturated carbocycles. The van der Waals surface area contributed by atoms with Crippen molar-refractivity contribution in [3.05, 3.63) is 93.5 Å². The van der Waals surface area contributed by atoms with Gasteiger partial charge in [-0.15, -0.1) is 0 Å². The molecule has 8 heteroatoms. The summed E-state index contributed by atoms with van der Waals surface area (Å²) in [6, 6.07) is 19.8. The van der Waals surface area contributed by atoms with Crippen LogP contribution in [0, 0.1) is 25.2 Å². The summed E-state index contributed by atoms with van der Waals surface area (Å²) >= 11 is 3.32. The number of nitrogens with one attached hydrogen (secondary N) is 1. The normalized spacial score (nSPS) is 11.5. The number of aryl methyl sites for hydroxylation is 2. The zero-order valence-electron chi connectivity index (χ0n) is 17.3. The maximum Gasteiger partial charge on any atom is 0.339 e. The van der Waals surface area contributed by atoms with E-state index in [4.69, 9.17) is 4.18 Å². The maximum absolute atomic E-state index is 12.7. The lowest BCUT2D eigenvalue weighted by Crippen LogP contribution is -2.14. The Morgan fingerprint density at radius 1 is 1.00 bits per heavy atom. The third-order valence-corrected chi connectivity index (χ3v) is 6.20. The highest BCUT2D eigenvalue weighted by Gasteiger charge is 2.19. The first-order valence-corrected chi connectivity index (χ1v) is 11.7. The molecule has 0 aliphatic carbocycles. The molecule has 32 heavy (non-hydrogen) atoms. The van der Waals surface area contributed by atoms with Gasteiger partial charge in [0.25, 0.3) is 5.91 Å². The lowest BCUT2D eigenvalue weighted by atomic mass is 10.1. The number of benzene rings is 3. The molecule has 0 spiro atoms. The Balaban J connectivity index is 1.93. The molecule has 0 unspecified atom stereocenters. The van der Waals surface area contributed by atoms with Gasteiger partial charge in [-0.25, -0.2) is 0 Å². The second kappa shape index (κ2) is 9.81. The van der Waals surface area contributed by atoms with Gasteiger partial charge in [-0.3, -0.25) is 4.79 Å². The Morgan fingerprint density at radius 3 is 2.19 bits per heavy atom. The van der Waals surface area contributed by atoms with E-state index in [-0.39, 0.29) is 21.8 Å². The molecular weight excluding hydrogens is 492 g/mol. The van der Waals surface area contributed by atoms with Gasteiger partial charge in [-0.2, -0.15) is 13.7 Å². The van der Waals surface area contributed by atoms with Gasteiger partial charge < -0.3 is 9.50 Å². The molecule has 0 radical (unpaired) electrons. The van der Waals surface area contributed by atoms with Crippen molar-refractivity contribution in [2.75, 3.05) is 5.32 Å². The van der Waals surface area contributed by atoms with Crippen molar-refractivity contribution in [1.82, 2.24) is 0 Å². The summed E-state index contributed by atoms with van der Waals surface area (Å²) in [5.74, 6) is -0.631. The van der Waals surface area contributed by atoms with E-state index in [1.807, 2.05) is 32.0 Å². The number of anilines is 1. The predicted octanol–water partition coefficient (Wildman–Crippen LogP) is 5.38. The van der Waals surface area contributed by atoms with Crippen LogP contribution in [0.3, 0.4) is 0 Å². The summed E-state index contributed by atoms with van der Waals surface area (Å²) in [6.45, 7) is 3.77. The molecule has 3 rings (SSSR count). The largest absolute Gasteiger partial charge is 0.378 e. The molecule has 0 aliphatic heterocycles. The average Bonchev–Trinajstić information content (AvgIpc) is 2.75. The number of hydrogen-bond donors (Lipinski definition) is 1. The second-order valence-corrected chi connectivity index (χ2v) is 9.48. The number of halogens is 1. The standard InChI is InChI=1S/C24H19BrN2O4S/c1-16-3-8-21(9-4-16)27-24(28)19(15-26)13-18-14-20(25)7-12-23(18)31-32(29,30)22-10-5-17(2)6-11-22/h3-14H,1-2H3,(H,27,28)/b19-13+. The Kier molecular flexibility index (Phi) is 7.13. The summed E-state index contributed by atoms with van der Waals surface area (Å²) in [4.78, 5) is 12.6. The molecule has 1 amide bonds. The van der Waals surface area contributed by atoms with Gasteiger partial charge in [-0.1, -0.05) is 51.3 Å². The van der Waals surface area contributed by atoms with E-state index in [0.717, 1.165) is 11.1 Å². The van der Waals surface area contributed by atoms with E-state index in [2.05, 4.69) is 21.2 Å². The fraction of sp³-hybridized carbons (Fsp3) is 0.0833. The van der Waals surface area contributed by atoms with Gasteiger partial charge in [0.2, 0.25) is 0 Å². The Labute approximate surface area is 195 Å². The number of carbonyl (C=O) groups is 1.